The van der Waals surface area contributed by atoms with Gasteiger partial charge in [-0.2, -0.15) is 8.42 Å². The summed E-state index contributed by atoms with van der Waals surface area (Å²) in [5.74, 6) is 6.82. The summed E-state index contributed by atoms with van der Waals surface area (Å²) in [6.45, 7) is 24.0. The van der Waals surface area contributed by atoms with Gasteiger partial charge in [0, 0.05) is 314 Å². The van der Waals surface area contributed by atoms with Crippen molar-refractivity contribution in [1.29, 1.82) is 0 Å². The summed E-state index contributed by atoms with van der Waals surface area (Å²) in [5, 5.41) is 3.32. The van der Waals surface area contributed by atoms with Gasteiger partial charge in [0.15, 0.2) is 0 Å². The number of terminal acetylenes is 1. The highest BCUT2D eigenvalue weighted by Gasteiger charge is 2.44. The molecule has 1 amide bonds. The van der Waals surface area contributed by atoms with E-state index in [2.05, 4.69) is 143 Å². The number of aromatic nitrogens is 4. The molecule has 8 saturated heterocycles. The minimum atomic E-state index is -3.29. The number of anilines is 4. The highest BCUT2D eigenvalue weighted by atomic mass is 127. The Balaban J connectivity index is 0.000000215. The molecule has 4 aromatic heterocycles. The van der Waals surface area contributed by atoms with E-state index in [1.807, 2.05) is 57.4 Å². The maximum absolute atomic E-state index is 12.0. The molecule has 8 aliphatic heterocycles. The maximum atomic E-state index is 12.0. The summed E-state index contributed by atoms with van der Waals surface area (Å²) in [6.07, 6.45) is 19.0. The van der Waals surface area contributed by atoms with E-state index < -0.39 is 15.7 Å². The fourth-order valence-corrected chi connectivity index (χ4v) is 40.1. The second-order valence-electron chi connectivity index (χ2n) is 23.1. The van der Waals surface area contributed by atoms with Crippen LogP contribution in [0.4, 0.5) is 28.1 Å². The largest absolute Gasteiger partial charge is 0.444 e. The average Bonchev–Trinajstić information content (AvgIpc) is 1.62. The number of hydrogen-bond acceptors (Lipinski definition) is 21. The topological polar surface area (TPSA) is 184 Å². The fourth-order valence-electron chi connectivity index (χ4n) is 11.2. The van der Waals surface area contributed by atoms with E-state index >= 15 is 0 Å². The van der Waals surface area contributed by atoms with Crippen LogP contribution in [0.1, 0.15) is 58.4 Å². The quantitative estimate of drug-likeness (QED) is 0.102. The van der Waals surface area contributed by atoms with E-state index in [0.717, 1.165) is 149 Å². The zero-order valence-electron chi connectivity index (χ0n) is 54.3. The van der Waals surface area contributed by atoms with Crippen LogP contribution in [0.3, 0.4) is 0 Å². The lowest BCUT2D eigenvalue weighted by Gasteiger charge is -2.44. The number of amides is 1. The van der Waals surface area contributed by atoms with E-state index in [1.54, 1.807) is 106 Å². The Bertz CT molecular complexity index is 3730. The van der Waals surface area contributed by atoms with Crippen LogP contribution in [-0.4, -0.2) is 223 Å². The Morgan fingerprint density at radius 1 is 0.592 bits per heavy atom. The minimum absolute atomic E-state index is 0. The van der Waals surface area contributed by atoms with Crippen molar-refractivity contribution in [2.45, 2.75) is 88.7 Å². The predicted octanol–water partition coefficient (Wildman–Crippen LogP) is 7.82. The summed E-state index contributed by atoms with van der Waals surface area (Å²) >= 11 is 18.5. The lowest BCUT2D eigenvalue weighted by atomic mass is 10.1. The molecular weight excluding hydrogens is 1830 g/mol. The van der Waals surface area contributed by atoms with E-state index in [-0.39, 0.29) is 37.0 Å². The Hall–Kier alpha value is -0.350. The zero-order valence-corrected chi connectivity index (χ0v) is 73.5. The van der Waals surface area contributed by atoms with Crippen LogP contribution >= 0.6 is 79.3 Å². The van der Waals surface area contributed by atoms with Crippen molar-refractivity contribution >= 4 is 248 Å². The number of nitrogens with one attached hydrogen (secondary N) is 1. The Morgan fingerprint density at radius 2 is 1.04 bits per heavy atom. The summed E-state index contributed by atoms with van der Waals surface area (Å²) in [7, 11) is 16.6. The summed E-state index contributed by atoms with van der Waals surface area (Å²) in [4.78, 5) is 46.0. The molecule has 548 valence electrons. The first kappa shape index (κ1) is 88.3. The first-order valence-electron chi connectivity index (χ1n) is 30.7. The van der Waals surface area contributed by atoms with Gasteiger partial charge in [-0.05, 0) is 149 Å². The van der Waals surface area contributed by atoms with Gasteiger partial charge >= 0.3 is 6.09 Å². The van der Waals surface area contributed by atoms with Crippen LogP contribution in [0.2, 0.25) is 0 Å². The molecule has 98 heavy (non-hydrogen) atoms. The van der Waals surface area contributed by atoms with Crippen molar-refractivity contribution in [1.82, 2.24) is 40.0 Å². The van der Waals surface area contributed by atoms with Gasteiger partial charge in [0.1, 0.15) is 35.0 Å². The molecule has 12 heterocycles. The second-order valence-corrected chi connectivity index (χ2v) is 49.0. The third-order valence-corrected chi connectivity index (χ3v) is 42.1. The molecule has 12 rings (SSSR count). The van der Waals surface area contributed by atoms with Crippen molar-refractivity contribution < 1.29 is 36.3 Å². The molecule has 0 spiro atoms. The van der Waals surface area contributed by atoms with Crippen LogP contribution < -0.4 is 24.9 Å². The molecule has 40 heteroatoms. The van der Waals surface area contributed by atoms with Gasteiger partial charge in [-0.15, -0.1) is 31.2 Å². The van der Waals surface area contributed by atoms with Crippen molar-refractivity contribution in [3.63, 3.8) is 0 Å². The molecule has 2 unspecified atom stereocenters. The third kappa shape index (κ3) is 33.2. The van der Waals surface area contributed by atoms with Crippen LogP contribution in [-0.2, 0) is 162 Å². The van der Waals surface area contributed by atoms with Gasteiger partial charge in [0.25, 0.3) is 10.1 Å². The molecule has 2 bridgehead atoms. The lowest BCUT2D eigenvalue weighted by molar-refractivity contribution is 0.0240. The number of ether oxygens (including phenoxy) is 4. The zero-order chi connectivity index (χ0) is 68.6. The number of nitrogens with zero attached hydrogens (tertiary/aromatic N) is 11. The Kier molecular flexibility index (Phi) is 43.9. The van der Waals surface area contributed by atoms with Gasteiger partial charge < -0.3 is 48.8 Å². The molecule has 20 nitrogen and oxygen atoms in total. The smallest absolute Gasteiger partial charge is 0.410 e. The standard InChI is InChI=1S/C17H21N3O.C14H20BrN3O2.C13H18IN3O.C9H12BrN3.C5H10O4S.2ClH.S14/c1-2-13-3-6-17(18-9-13)19-10-14-4-5-15(11-19)20(14)16-7-8-21-12-16;1-14(2,3)20-13(19)18-8-6-17(7-9-18)12-5-4-11(15)10-16-12;14-11-1-2-13(15-9-11)17-6-4-16(5-7-17)12-3-8-18-10-12;10-8-1-2-9(12-7-8)13-5-3-11-4-6-13;1-10(6,7)9-5-2-3-8-4-5;;;1-3-5-7-9-11-13-14-12-10-8-6-4-2/h1,3,6,9,14-16H,4-5,7-8,10-12H2;4-5,10H,6-9H2,1-3H3;1-2,9,12H,3-8,10H2;1-2,7,11H,3-6H2;5H,2-4H2,1H3;2*1H;/t14?,15?,16-;;12-;;5-;;;/m1.1.0.../s1. The molecular formula is C58H83Br2Cl2IN12O8S15. The van der Waals surface area contributed by atoms with E-state index in [0.29, 0.717) is 56.9 Å². The molecule has 8 fully saturated rings. The Labute approximate surface area is 665 Å². The van der Waals surface area contributed by atoms with Crippen LogP contribution in [0.5, 0.6) is 0 Å². The number of carbonyl (C=O) groups is 1. The first-order chi connectivity index (χ1) is 46.4. The second kappa shape index (κ2) is 48.8. The third-order valence-electron chi connectivity index (χ3n) is 15.5. The molecule has 4 aromatic rings. The van der Waals surface area contributed by atoms with E-state index in [1.165, 1.54) is 47.0 Å². The highest BCUT2D eigenvalue weighted by Crippen LogP contribution is 2.36. The van der Waals surface area contributed by atoms with E-state index in [4.69, 9.17) is 47.7 Å². The molecule has 0 radical (unpaired) electrons. The predicted molar refractivity (Wildman–Crippen MR) is 454 cm³/mol. The van der Waals surface area contributed by atoms with Crippen molar-refractivity contribution in [3.8, 4) is 12.3 Å². The first-order valence-corrected chi connectivity index (χ1v) is 52.5. The fraction of sp³-hybridized carbons (Fsp3) is 0.603. The summed E-state index contributed by atoms with van der Waals surface area (Å²) < 4.78 is 50.2. The van der Waals surface area contributed by atoms with Gasteiger partial charge in [0.05, 0.1) is 26.1 Å². The molecule has 0 aromatic carbocycles. The molecule has 1 N–H and O–H groups in total. The molecule has 5 atom stereocenters. The molecule has 0 aliphatic carbocycles. The number of piperazine rings is 4. The van der Waals surface area contributed by atoms with Gasteiger partial charge in [-0.25, -0.2) is 24.7 Å². The highest BCUT2D eigenvalue weighted by molar-refractivity contribution is 14.1. The number of hydrogen-bond donors (Lipinski definition) is 1. The van der Waals surface area contributed by atoms with Crippen molar-refractivity contribution in [2.24, 2.45) is 0 Å². The number of rotatable bonds is 8. The molecule has 8 aliphatic rings. The van der Waals surface area contributed by atoms with Crippen LogP contribution in [0, 0.1) is 15.9 Å². The van der Waals surface area contributed by atoms with Gasteiger partial charge in [-0.3, -0.25) is 14.0 Å². The van der Waals surface area contributed by atoms with Crippen LogP contribution in [0.15, 0.2) is 82.3 Å². The average molecular weight is 1920 g/mol. The maximum Gasteiger partial charge on any atom is 0.410 e. The Morgan fingerprint density at radius 3 is 1.46 bits per heavy atom. The van der Waals surface area contributed by atoms with Crippen molar-refractivity contribution in [2.75, 3.05) is 157 Å². The molecule has 0 saturated carbocycles. The summed E-state index contributed by atoms with van der Waals surface area (Å²) in [6, 6.07) is 18.9. The SMILES string of the molecule is Brc1ccc(N2CCNCC2)nc1.C#Cc1ccc(N2CC3CCC(C2)N3[C@@H]2CCOC2)nc1.CC(C)(C)OC(=O)N1CCN(c2ccc(Br)cn2)CC1.CS(=O)(=O)O[C@H]1CCOC1.Cl.Cl.Ic1ccc(N2CCN([C@@H]3CCOC3)CC2)nc1.S=S=S=S=S=S=S=S=S=S=S=S=S=S. The van der Waals surface area contributed by atoms with E-state index in [9.17, 15) is 13.2 Å². The minimum Gasteiger partial charge on any atom is -0.444 e. The number of fused-ring (bicyclic) bond motifs is 2. The van der Waals surface area contributed by atoms with Gasteiger partial charge in [-0.1, -0.05) is 5.92 Å². The monoisotopic (exact) mass is 1910 g/mol. The summed E-state index contributed by atoms with van der Waals surface area (Å²) in [5.41, 5.74) is 0.407. The number of pyridine rings is 4. The number of carbonyl (C=O) groups excluding carboxylic acids is 1. The van der Waals surface area contributed by atoms with Crippen LogP contribution in [0.25, 0.3) is 0 Å². The van der Waals surface area contributed by atoms with Gasteiger partial charge in [0.2, 0.25) is 0 Å². The normalized spacial score (nSPS) is 21.0. The lowest BCUT2D eigenvalue weighted by Crippen LogP contribution is -2.57. The number of halogens is 5. The van der Waals surface area contributed by atoms with Crippen molar-refractivity contribution in [3.05, 3.63) is 91.4 Å².